The highest BCUT2D eigenvalue weighted by atomic mass is 32.1. The molecule has 0 spiro atoms. The topological polar surface area (TPSA) is 20.2 Å². The largest absolute Gasteiger partial charge is 0.382 e. The normalized spacial score (nSPS) is 26.4. The summed E-state index contributed by atoms with van der Waals surface area (Å²) in [6, 6.07) is 3.70. The molecule has 1 N–H and O–H groups in total. The van der Waals surface area contributed by atoms with Gasteiger partial charge < -0.3 is 5.11 Å². The van der Waals surface area contributed by atoms with Gasteiger partial charge in [-0.3, -0.25) is 0 Å². The Balaban J connectivity index is 2.05. The van der Waals surface area contributed by atoms with Gasteiger partial charge in [-0.05, 0) is 36.0 Å². The van der Waals surface area contributed by atoms with E-state index < -0.39 is 12.0 Å². The van der Waals surface area contributed by atoms with Gasteiger partial charge in [0.05, 0.1) is 0 Å². The summed E-state index contributed by atoms with van der Waals surface area (Å²) in [6.45, 7) is 0. The molecule has 2 aliphatic carbocycles. The molecule has 0 bridgehead atoms. The van der Waals surface area contributed by atoms with E-state index in [1.54, 1.807) is 6.07 Å². The summed E-state index contributed by atoms with van der Waals surface area (Å²) in [5.41, 5.74) is 2.03. The first-order valence-electron chi connectivity index (χ1n) is 6.91. The van der Waals surface area contributed by atoms with Crippen molar-refractivity contribution in [2.45, 2.75) is 61.4 Å². The Kier molecular flexibility index (Phi) is 3.34. The van der Waals surface area contributed by atoms with E-state index in [9.17, 15) is 13.9 Å². The Morgan fingerprint density at radius 2 is 1.84 bits per heavy atom. The lowest BCUT2D eigenvalue weighted by molar-refractivity contribution is -0.0975. The van der Waals surface area contributed by atoms with Gasteiger partial charge in [0.1, 0.15) is 6.10 Å². The molecule has 0 saturated heterocycles. The van der Waals surface area contributed by atoms with Crippen LogP contribution in [0.1, 0.15) is 60.8 Å². The number of alkyl halides is 2. The highest BCUT2D eigenvalue weighted by Gasteiger charge is 2.48. The Morgan fingerprint density at radius 3 is 2.53 bits per heavy atom. The fourth-order valence-electron chi connectivity index (χ4n) is 3.51. The Morgan fingerprint density at radius 1 is 1.16 bits per heavy atom. The van der Waals surface area contributed by atoms with Gasteiger partial charge in [-0.25, -0.2) is 8.78 Å². The summed E-state index contributed by atoms with van der Waals surface area (Å²) >= 11 is 4.24. The summed E-state index contributed by atoms with van der Waals surface area (Å²) in [4.78, 5) is 0.485. The highest BCUT2D eigenvalue weighted by molar-refractivity contribution is 7.80. The van der Waals surface area contributed by atoms with Crippen LogP contribution in [0.25, 0.3) is 0 Å². The van der Waals surface area contributed by atoms with Crippen LogP contribution in [0.2, 0.25) is 0 Å². The number of benzene rings is 1. The first-order valence-corrected chi connectivity index (χ1v) is 7.36. The number of fused-ring (bicyclic) bond motifs is 1. The smallest absolute Gasteiger partial charge is 0.281 e. The van der Waals surface area contributed by atoms with Gasteiger partial charge in [0.2, 0.25) is 0 Å². The van der Waals surface area contributed by atoms with Crippen molar-refractivity contribution in [1.82, 2.24) is 0 Å². The lowest BCUT2D eigenvalue weighted by atomic mass is 9.81. The summed E-state index contributed by atoms with van der Waals surface area (Å²) in [7, 11) is 0. The fourth-order valence-corrected chi connectivity index (χ4v) is 3.84. The molecule has 1 saturated carbocycles. The van der Waals surface area contributed by atoms with Crippen molar-refractivity contribution in [3.8, 4) is 0 Å². The number of halogens is 2. The molecule has 0 amide bonds. The zero-order valence-electron chi connectivity index (χ0n) is 10.7. The molecule has 1 nitrogen and oxygen atoms in total. The van der Waals surface area contributed by atoms with Gasteiger partial charge in [0.15, 0.2) is 0 Å². The predicted molar refractivity (Wildman–Crippen MR) is 73.1 cm³/mol. The second kappa shape index (κ2) is 4.74. The predicted octanol–water partition coefficient (Wildman–Crippen LogP) is 4.25. The van der Waals surface area contributed by atoms with Crippen molar-refractivity contribution in [2.75, 3.05) is 0 Å². The molecule has 1 atom stereocenters. The minimum Gasteiger partial charge on any atom is -0.382 e. The van der Waals surface area contributed by atoms with Crippen LogP contribution >= 0.6 is 12.6 Å². The lowest BCUT2D eigenvalue weighted by Crippen LogP contribution is -2.21. The van der Waals surface area contributed by atoms with Gasteiger partial charge >= 0.3 is 0 Å². The Labute approximate surface area is 117 Å². The van der Waals surface area contributed by atoms with Crippen molar-refractivity contribution < 1.29 is 13.9 Å². The standard InChI is InChI=1S/C15H18F2OS/c16-15(17)8-11-10(9-4-2-1-3-5-9)6-7-12(19)13(11)14(15)18/h6-7,9,14,18-19H,1-5,8H2. The summed E-state index contributed by atoms with van der Waals surface area (Å²) in [5, 5.41) is 9.81. The molecular formula is C15H18F2OS. The van der Waals surface area contributed by atoms with E-state index >= 15 is 0 Å². The van der Waals surface area contributed by atoms with Crippen molar-refractivity contribution in [3.05, 3.63) is 28.8 Å². The van der Waals surface area contributed by atoms with E-state index in [4.69, 9.17) is 0 Å². The summed E-state index contributed by atoms with van der Waals surface area (Å²) in [6.07, 6.45) is 3.67. The molecule has 4 heteroatoms. The highest BCUT2D eigenvalue weighted by Crippen LogP contribution is 2.49. The van der Waals surface area contributed by atoms with Gasteiger partial charge in [-0.1, -0.05) is 25.3 Å². The average molecular weight is 284 g/mol. The van der Waals surface area contributed by atoms with Gasteiger partial charge in [0.25, 0.3) is 5.92 Å². The molecule has 2 aliphatic rings. The van der Waals surface area contributed by atoms with E-state index in [0.717, 1.165) is 18.4 Å². The van der Waals surface area contributed by atoms with Crippen molar-refractivity contribution in [1.29, 1.82) is 0 Å². The Hall–Kier alpha value is -0.610. The number of aliphatic hydroxyl groups excluding tert-OH is 1. The molecule has 1 aromatic carbocycles. The van der Waals surface area contributed by atoms with Crippen molar-refractivity contribution in [2.24, 2.45) is 0 Å². The molecule has 19 heavy (non-hydrogen) atoms. The number of thiol groups is 1. The van der Waals surface area contributed by atoms with Crippen molar-refractivity contribution >= 4 is 12.6 Å². The molecular weight excluding hydrogens is 266 g/mol. The van der Waals surface area contributed by atoms with Crippen LogP contribution in [0.5, 0.6) is 0 Å². The van der Waals surface area contributed by atoms with Gasteiger partial charge in [-0.2, -0.15) is 0 Å². The molecule has 3 rings (SSSR count). The van der Waals surface area contributed by atoms with Crippen LogP contribution < -0.4 is 0 Å². The zero-order valence-corrected chi connectivity index (χ0v) is 11.6. The molecule has 1 fully saturated rings. The second-order valence-corrected chi connectivity index (χ2v) is 6.22. The monoisotopic (exact) mass is 284 g/mol. The summed E-state index contributed by atoms with van der Waals surface area (Å²) in [5.74, 6) is -2.68. The second-order valence-electron chi connectivity index (χ2n) is 5.74. The third-order valence-corrected chi connectivity index (χ3v) is 4.89. The first kappa shape index (κ1) is 13.4. The lowest BCUT2D eigenvalue weighted by Gasteiger charge is -2.24. The van der Waals surface area contributed by atoms with E-state index in [1.807, 2.05) is 6.07 Å². The third kappa shape index (κ3) is 2.19. The first-order chi connectivity index (χ1) is 9.00. The SMILES string of the molecule is OC1c2c(S)ccc(C3CCCCC3)c2CC1(F)F. The van der Waals surface area contributed by atoms with Crippen molar-refractivity contribution in [3.63, 3.8) is 0 Å². The van der Waals surface area contributed by atoms with E-state index in [-0.39, 0.29) is 6.42 Å². The molecule has 0 heterocycles. The molecule has 0 aliphatic heterocycles. The van der Waals surface area contributed by atoms with Crippen LogP contribution in [0.3, 0.4) is 0 Å². The van der Waals surface area contributed by atoms with Crippen LogP contribution in [0, 0.1) is 0 Å². The average Bonchev–Trinajstić information content (AvgIpc) is 2.63. The molecule has 0 aromatic heterocycles. The van der Waals surface area contributed by atoms with Crippen LogP contribution in [-0.4, -0.2) is 11.0 Å². The quantitative estimate of drug-likeness (QED) is 0.739. The number of rotatable bonds is 1. The number of aliphatic hydroxyl groups is 1. The van der Waals surface area contributed by atoms with E-state index in [2.05, 4.69) is 12.6 Å². The van der Waals surface area contributed by atoms with Gasteiger partial charge in [0, 0.05) is 16.9 Å². The zero-order chi connectivity index (χ0) is 13.6. The number of hydrogen-bond donors (Lipinski definition) is 2. The van der Waals surface area contributed by atoms with E-state index in [0.29, 0.717) is 21.9 Å². The van der Waals surface area contributed by atoms with Gasteiger partial charge in [-0.15, -0.1) is 12.6 Å². The van der Waals surface area contributed by atoms with Crippen LogP contribution in [0.4, 0.5) is 8.78 Å². The molecule has 1 aromatic rings. The third-order valence-electron chi connectivity index (χ3n) is 4.50. The minimum atomic E-state index is -3.05. The molecule has 0 radical (unpaired) electrons. The maximum absolute atomic E-state index is 13.8. The summed E-state index contributed by atoms with van der Waals surface area (Å²) < 4.78 is 27.5. The minimum absolute atomic E-state index is 0.344. The number of hydrogen-bond acceptors (Lipinski definition) is 2. The maximum Gasteiger partial charge on any atom is 0.281 e. The van der Waals surface area contributed by atoms with Crippen LogP contribution in [0.15, 0.2) is 17.0 Å². The molecule has 104 valence electrons. The Bertz CT molecular complexity index is 495. The molecule has 1 unspecified atom stereocenters. The fraction of sp³-hybridized carbons (Fsp3) is 0.600. The maximum atomic E-state index is 13.8. The van der Waals surface area contributed by atoms with E-state index in [1.165, 1.54) is 19.3 Å². The van der Waals surface area contributed by atoms with Crippen LogP contribution in [-0.2, 0) is 6.42 Å².